The zero-order valence-electron chi connectivity index (χ0n) is 7.05. The monoisotopic (exact) mass is 255 g/mol. The fraction of sp³-hybridized carbons (Fsp3) is 0.125. The van der Waals surface area contributed by atoms with Crippen LogP contribution < -0.4 is 5.56 Å². The molecule has 0 aliphatic heterocycles. The molecule has 2 rings (SSSR count). The zero-order chi connectivity index (χ0) is 9.97. The van der Waals surface area contributed by atoms with Crippen molar-refractivity contribution in [3.8, 4) is 0 Å². The number of rotatable bonds is 2. The highest BCUT2D eigenvalue weighted by Gasteiger charge is 2.03. The quantitative estimate of drug-likeness (QED) is 0.805. The molecule has 0 atom stereocenters. The van der Waals surface area contributed by atoms with Gasteiger partial charge in [-0.2, -0.15) is 0 Å². The molecule has 2 heterocycles. The zero-order valence-corrected chi connectivity index (χ0v) is 8.64. The Morgan fingerprint density at radius 1 is 1.57 bits per heavy atom. The lowest BCUT2D eigenvalue weighted by atomic mass is 10.4. The highest BCUT2D eigenvalue weighted by Crippen LogP contribution is 2.01. The molecule has 2 aromatic heterocycles. The van der Waals surface area contributed by atoms with Gasteiger partial charge in [0.25, 0.3) is 5.56 Å². The van der Waals surface area contributed by atoms with E-state index in [2.05, 4.69) is 26.1 Å². The molecule has 2 aromatic rings. The van der Waals surface area contributed by atoms with Crippen molar-refractivity contribution < 1.29 is 4.52 Å². The van der Waals surface area contributed by atoms with Crippen LogP contribution in [0.25, 0.3) is 0 Å². The summed E-state index contributed by atoms with van der Waals surface area (Å²) in [5.41, 5.74) is -0.142. The van der Waals surface area contributed by atoms with E-state index in [9.17, 15) is 4.79 Å². The third-order valence-electron chi connectivity index (χ3n) is 1.68. The summed E-state index contributed by atoms with van der Waals surface area (Å²) in [6, 6.07) is 1.70. The second-order valence-electron chi connectivity index (χ2n) is 2.65. The summed E-state index contributed by atoms with van der Waals surface area (Å²) >= 11 is 3.11. The van der Waals surface area contributed by atoms with Crippen molar-refractivity contribution in [3.05, 3.63) is 45.4 Å². The van der Waals surface area contributed by atoms with E-state index in [1.807, 2.05) is 0 Å². The third-order valence-corrected chi connectivity index (χ3v) is 2.22. The van der Waals surface area contributed by atoms with Crippen LogP contribution in [-0.4, -0.2) is 14.7 Å². The van der Waals surface area contributed by atoms with E-state index in [0.29, 0.717) is 16.8 Å². The Morgan fingerprint density at radius 3 is 3.14 bits per heavy atom. The van der Waals surface area contributed by atoms with Crippen LogP contribution in [0.2, 0.25) is 0 Å². The van der Waals surface area contributed by atoms with E-state index in [1.165, 1.54) is 23.3 Å². The van der Waals surface area contributed by atoms with Crippen molar-refractivity contribution in [1.29, 1.82) is 0 Å². The minimum Gasteiger partial charge on any atom is -0.359 e. The Balaban J connectivity index is 2.34. The normalized spacial score (nSPS) is 10.4. The van der Waals surface area contributed by atoms with Crippen molar-refractivity contribution in [2.75, 3.05) is 0 Å². The molecule has 0 saturated carbocycles. The molecule has 0 spiro atoms. The minimum atomic E-state index is -0.142. The van der Waals surface area contributed by atoms with Gasteiger partial charge in [-0.15, -0.1) is 0 Å². The van der Waals surface area contributed by atoms with Crippen LogP contribution in [-0.2, 0) is 6.54 Å². The summed E-state index contributed by atoms with van der Waals surface area (Å²) < 4.78 is 6.74. The van der Waals surface area contributed by atoms with Crippen molar-refractivity contribution in [3.63, 3.8) is 0 Å². The molecule has 0 fully saturated rings. The topological polar surface area (TPSA) is 60.9 Å². The number of hydrogen-bond acceptors (Lipinski definition) is 4. The molecule has 0 bridgehead atoms. The van der Waals surface area contributed by atoms with Crippen molar-refractivity contribution in [2.24, 2.45) is 0 Å². The summed E-state index contributed by atoms with van der Waals surface area (Å²) in [7, 11) is 0. The largest absolute Gasteiger partial charge is 0.359 e. The van der Waals surface area contributed by atoms with E-state index in [1.54, 1.807) is 6.07 Å². The van der Waals surface area contributed by atoms with Gasteiger partial charge in [0.2, 0.25) is 0 Å². The lowest BCUT2D eigenvalue weighted by molar-refractivity contribution is 0.374. The number of aromatic nitrogens is 3. The summed E-state index contributed by atoms with van der Waals surface area (Å²) in [6.45, 7) is 0.339. The first kappa shape index (κ1) is 9.14. The molecule has 0 N–H and O–H groups in total. The Morgan fingerprint density at radius 2 is 2.43 bits per heavy atom. The van der Waals surface area contributed by atoms with Gasteiger partial charge in [-0.05, 0) is 15.9 Å². The second-order valence-corrected chi connectivity index (χ2v) is 3.51. The smallest absolute Gasteiger partial charge is 0.268 e. The minimum absolute atomic E-state index is 0.142. The van der Waals surface area contributed by atoms with Crippen LogP contribution in [0.15, 0.2) is 38.6 Å². The van der Waals surface area contributed by atoms with Gasteiger partial charge in [-0.25, -0.2) is 4.98 Å². The Kier molecular flexibility index (Phi) is 2.45. The number of halogens is 1. The Hall–Kier alpha value is -1.43. The van der Waals surface area contributed by atoms with Gasteiger partial charge in [0.1, 0.15) is 4.47 Å². The van der Waals surface area contributed by atoms with E-state index in [0.717, 1.165) is 0 Å². The maximum atomic E-state index is 11.5. The van der Waals surface area contributed by atoms with Crippen LogP contribution in [0, 0.1) is 0 Å². The van der Waals surface area contributed by atoms with Crippen molar-refractivity contribution in [1.82, 2.24) is 14.7 Å². The average molecular weight is 256 g/mol. The van der Waals surface area contributed by atoms with Gasteiger partial charge in [-0.1, -0.05) is 5.16 Å². The molecule has 6 heteroatoms. The molecular formula is C8H6BrN3O2. The van der Waals surface area contributed by atoms with Crippen LogP contribution in [0.3, 0.4) is 0 Å². The fourth-order valence-corrected chi connectivity index (χ4v) is 1.37. The summed E-state index contributed by atoms with van der Waals surface area (Å²) in [4.78, 5) is 15.4. The fourth-order valence-electron chi connectivity index (χ4n) is 1.03. The number of nitrogens with zero attached hydrogens (tertiary/aromatic N) is 3. The average Bonchev–Trinajstić information content (AvgIpc) is 2.66. The van der Waals surface area contributed by atoms with E-state index in [4.69, 9.17) is 4.52 Å². The second kappa shape index (κ2) is 3.75. The van der Waals surface area contributed by atoms with E-state index >= 15 is 0 Å². The Bertz CT molecular complexity index is 478. The summed E-state index contributed by atoms with van der Waals surface area (Å²) in [5.74, 6) is 0.618. The van der Waals surface area contributed by atoms with Crippen LogP contribution in [0.1, 0.15) is 5.76 Å². The third kappa shape index (κ3) is 1.74. The van der Waals surface area contributed by atoms with Gasteiger partial charge in [0.05, 0.1) is 19.1 Å². The van der Waals surface area contributed by atoms with Crippen LogP contribution in [0.4, 0.5) is 0 Å². The first-order valence-electron chi connectivity index (χ1n) is 3.87. The van der Waals surface area contributed by atoms with Crippen LogP contribution in [0.5, 0.6) is 0 Å². The molecule has 0 amide bonds. The summed E-state index contributed by atoms with van der Waals surface area (Å²) in [5, 5.41) is 3.55. The molecule has 0 aliphatic rings. The van der Waals surface area contributed by atoms with Gasteiger partial charge in [-0.3, -0.25) is 9.36 Å². The van der Waals surface area contributed by atoms with Gasteiger partial charge < -0.3 is 4.52 Å². The number of hydrogen-bond donors (Lipinski definition) is 0. The lowest BCUT2D eigenvalue weighted by Crippen LogP contribution is -2.20. The molecule has 0 radical (unpaired) electrons. The molecule has 0 aliphatic carbocycles. The van der Waals surface area contributed by atoms with Crippen molar-refractivity contribution >= 4 is 15.9 Å². The molecular weight excluding hydrogens is 250 g/mol. The Labute approximate surface area is 87.5 Å². The highest BCUT2D eigenvalue weighted by atomic mass is 79.9. The molecule has 0 aromatic carbocycles. The molecule has 0 saturated heterocycles. The molecule has 72 valence electrons. The maximum absolute atomic E-state index is 11.5. The SMILES string of the molecule is O=c1c(Br)cncn1Cc1ccno1. The predicted octanol–water partition coefficient (Wildman–Crippen LogP) is 1.04. The standard InChI is InChI=1S/C8H6BrN3O2/c9-7-3-10-5-12(8(7)13)4-6-1-2-11-14-6/h1-3,5H,4H2. The maximum Gasteiger partial charge on any atom is 0.268 e. The first-order valence-corrected chi connectivity index (χ1v) is 4.66. The van der Waals surface area contributed by atoms with E-state index in [-0.39, 0.29) is 5.56 Å². The first-order chi connectivity index (χ1) is 6.77. The molecule has 5 nitrogen and oxygen atoms in total. The summed E-state index contributed by atoms with van der Waals surface area (Å²) in [6.07, 6.45) is 4.45. The lowest BCUT2D eigenvalue weighted by Gasteiger charge is -2.00. The van der Waals surface area contributed by atoms with Crippen LogP contribution >= 0.6 is 15.9 Å². The van der Waals surface area contributed by atoms with Crippen molar-refractivity contribution in [2.45, 2.75) is 6.54 Å². The predicted molar refractivity (Wildman–Crippen MR) is 51.8 cm³/mol. The van der Waals surface area contributed by atoms with E-state index < -0.39 is 0 Å². The highest BCUT2D eigenvalue weighted by molar-refractivity contribution is 9.10. The van der Waals surface area contributed by atoms with Gasteiger partial charge in [0, 0.05) is 12.3 Å². The van der Waals surface area contributed by atoms with Gasteiger partial charge >= 0.3 is 0 Å². The molecule has 14 heavy (non-hydrogen) atoms. The molecule has 0 unspecified atom stereocenters. The van der Waals surface area contributed by atoms with Gasteiger partial charge in [0.15, 0.2) is 5.76 Å².